The number of rotatable bonds is 6. The van der Waals surface area contributed by atoms with Crippen LogP contribution >= 0.6 is 0 Å². The summed E-state index contributed by atoms with van der Waals surface area (Å²) < 4.78 is 12.8. The fraction of sp³-hybridized carbons (Fsp3) is 0.483. The van der Waals surface area contributed by atoms with Gasteiger partial charge >= 0.3 is 6.01 Å². The molecule has 192 valence electrons. The number of anilines is 1. The third kappa shape index (κ3) is 4.94. The number of aromatic nitrogens is 2. The van der Waals surface area contributed by atoms with Gasteiger partial charge in [0.1, 0.15) is 18.5 Å². The molecule has 1 aromatic heterocycles. The van der Waals surface area contributed by atoms with E-state index >= 15 is 0 Å². The summed E-state index contributed by atoms with van der Waals surface area (Å²) in [6, 6.07) is 18.0. The zero-order valence-electron chi connectivity index (χ0n) is 21.4. The van der Waals surface area contributed by atoms with Gasteiger partial charge in [0, 0.05) is 37.3 Å². The van der Waals surface area contributed by atoms with E-state index in [2.05, 4.69) is 70.7 Å². The van der Waals surface area contributed by atoms with Crippen LogP contribution in [0.3, 0.4) is 0 Å². The highest BCUT2D eigenvalue weighted by molar-refractivity contribution is 5.86. The first-order valence-corrected chi connectivity index (χ1v) is 13.4. The molecule has 0 aliphatic carbocycles. The Hall–Kier alpha value is -3.41. The van der Waals surface area contributed by atoms with Gasteiger partial charge in [0.05, 0.1) is 18.1 Å². The van der Waals surface area contributed by atoms with Crippen LogP contribution in [0.5, 0.6) is 11.9 Å². The topological polar surface area (TPSA) is 86.5 Å². The lowest BCUT2D eigenvalue weighted by atomic mass is 9.94. The standard InChI is InChI=1S/C29H34N6O2/c1-34-16-5-8-22(34)19-36-29-32-27(35-17-15-31-21(18-35)13-14-30)25-11-12-26(37-28(25)33-29)24-10-4-7-20-6-2-3-9-23(20)24/h2-4,6-7,9-10,21-22,26,31H,5,8,11-13,15-19H2,1H3/t21-,22-,26?/m0/s1. The molecule has 1 unspecified atom stereocenters. The molecule has 0 radical (unpaired) electrons. The summed E-state index contributed by atoms with van der Waals surface area (Å²) in [6.45, 7) is 4.03. The third-order valence-electron chi connectivity index (χ3n) is 7.98. The predicted molar refractivity (Wildman–Crippen MR) is 143 cm³/mol. The molecule has 0 spiro atoms. The van der Waals surface area contributed by atoms with Gasteiger partial charge in [-0.05, 0) is 50.0 Å². The number of likely N-dealkylation sites (N-methyl/N-ethyl adjacent to an activating group) is 1. The van der Waals surface area contributed by atoms with Crippen LogP contribution in [-0.2, 0) is 6.42 Å². The number of likely N-dealkylation sites (tertiary alicyclic amines) is 1. The Balaban J connectivity index is 1.32. The number of ether oxygens (including phenoxy) is 2. The van der Waals surface area contributed by atoms with Gasteiger partial charge < -0.3 is 24.6 Å². The fourth-order valence-corrected chi connectivity index (χ4v) is 5.92. The summed E-state index contributed by atoms with van der Waals surface area (Å²) in [7, 11) is 2.15. The number of nitrogens with zero attached hydrogens (tertiary/aromatic N) is 5. The van der Waals surface area contributed by atoms with Crippen molar-refractivity contribution in [3.8, 4) is 18.0 Å². The van der Waals surface area contributed by atoms with Crippen LogP contribution in [0.4, 0.5) is 5.82 Å². The van der Waals surface area contributed by atoms with Gasteiger partial charge in [-0.15, -0.1) is 0 Å². The molecule has 37 heavy (non-hydrogen) atoms. The number of hydrogen-bond donors (Lipinski definition) is 1. The SMILES string of the molecule is CN1CCC[C@H]1COc1nc2c(c(N3CCN[C@@H](CC#N)C3)n1)CCC(c1cccc3ccccc13)O2. The zero-order valence-corrected chi connectivity index (χ0v) is 21.4. The summed E-state index contributed by atoms with van der Waals surface area (Å²) in [5, 5.41) is 15.1. The highest BCUT2D eigenvalue weighted by Crippen LogP contribution is 2.41. The van der Waals surface area contributed by atoms with Crippen LogP contribution in [0.1, 0.15) is 42.9 Å². The van der Waals surface area contributed by atoms with E-state index < -0.39 is 0 Å². The van der Waals surface area contributed by atoms with Crippen molar-refractivity contribution in [1.29, 1.82) is 5.26 Å². The molecule has 2 fully saturated rings. The minimum Gasteiger partial charge on any atom is -0.469 e. The molecule has 2 saturated heterocycles. The van der Waals surface area contributed by atoms with Crippen molar-refractivity contribution in [2.24, 2.45) is 0 Å². The van der Waals surface area contributed by atoms with Crippen molar-refractivity contribution >= 4 is 16.6 Å². The Labute approximate surface area is 218 Å². The lowest BCUT2D eigenvalue weighted by Gasteiger charge is -2.36. The lowest BCUT2D eigenvalue weighted by Crippen LogP contribution is -2.51. The molecule has 3 aliphatic heterocycles. The Bertz CT molecular complexity index is 1300. The zero-order chi connectivity index (χ0) is 25.2. The van der Waals surface area contributed by atoms with Crippen molar-refractivity contribution < 1.29 is 9.47 Å². The summed E-state index contributed by atoms with van der Waals surface area (Å²) in [6.07, 6.45) is 4.40. The quantitative estimate of drug-likeness (QED) is 0.548. The van der Waals surface area contributed by atoms with E-state index in [9.17, 15) is 5.26 Å². The maximum atomic E-state index is 9.24. The minimum absolute atomic E-state index is 0.0791. The molecule has 3 aliphatic rings. The highest BCUT2D eigenvalue weighted by atomic mass is 16.5. The van der Waals surface area contributed by atoms with Gasteiger partial charge in [0.25, 0.3) is 0 Å². The van der Waals surface area contributed by atoms with E-state index in [0.29, 0.717) is 31.0 Å². The minimum atomic E-state index is -0.0791. The number of benzene rings is 2. The first-order chi connectivity index (χ1) is 18.2. The van der Waals surface area contributed by atoms with Crippen molar-refractivity contribution in [2.75, 3.05) is 44.7 Å². The van der Waals surface area contributed by atoms with Gasteiger partial charge in [-0.2, -0.15) is 15.2 Å². The molecular weight excluding hydrogens is 464 g/mol. The summed E-state index contributed by atoms with van der Waals surface area (Å²) >= 11 is 0. The first-order valence-electron chi connectivity index (χ1n) is 13.4. The van der Waals surface area contributed by atoms with Crippen molar-refractivity contribution in [2.45, 2.75) is 50.3 Å². The molecule has 0 amide bonds. The van der Waals surface area contributed by atoms with Gasteiger partial charge in [0.15, 0.2) is 0 Å². The molecule has 6 rings (SSSR count). The van der Waals surface area contributed by atoms with E-state index in [1.807, 2.05) is 0 Å². The molecule has 3 aromatic rings. The maximum Gasteiger partial charge on any atom is 0.321 e. The normalized spacial score (nSPS) is 23.9. The van der Waals surface area contributed by atoms with Crippen molar-refractivity contribution in [3.63, 3.8) is 0 Å². The molecule has 8 nitrogen and oxygen atoms in total. The lowest BCUT2D eigenvalue weighted by molar-refractivity contribution is 0.158. The first kappa shape index (κ1) is 24.0. The monoisotopic (exact) mass is 498 g/mol. The smallest absolute Gasteiger partial charge is 0.321 e. The molecule has 0 bridgehead atoms. The summed E-state index contributed by atoms with van der Waals surface area (Å²) in [4.78, 5) is 14.3. The molecule has 0 saturated carbocycles. The Morgan fingerprint density at radius 1 is 1.14 bits per heavy atom. The van der Waals surface area contributed by atoms with Crippen LogP contribution in [0.2, 0.25) is 0 Å². The molecule has 2 aromatic carbocycles. The maximum absolute atomic E-state index is 9.24. The van der Waals surface area contributed by atoms with Gasteiger partial charge in [-0.25, -0.2) is 0 Å². The van der Waals surface area contributed by atoms with E-state index in [-0.39, 0.29) is 12.1 Å². The van der Waals surface area contributed by atoms with E-state index in [4.69, 9.17) is 19.4 Å². The predicted octanol–water partition coefficient (Wildman–Crippen LogP) is 3.86. The highest BCUT2D eigenvalue weighted by Gasteiger charge is 2.32. The Morgan fingerprint density at radius 3 is 2.89 bits per heavy atom. The van der Waals surface area contributed by atoms with E-state index in [1.54, 1.807) is 0 Å². The second kappa shape index (κ2) is 10.5. The van der Waals surface area contributed by atoms with E-state index in [0.717, 1.165) is 56.8 Å². The second-order valence-electron chi connectivity index (χ2n) is 10.4. The number of hydrogen-bond acceptors (Lipinski definition) is 8. The number of piperazine rings is 1. The van der Waals surface area contributed by atoms with Crippen LogP contribution < -0.4 is 19.7 Å². The number of fused-ring (bicyclic) bond motifs is 2. The van der Waals surface area contributed by atoms with E-state index in [1.165, 1.54) is 22.8 Å². The average Bonchev–Trinajstić information content (AvgIpc) is 3.35. The molecule has 3 atom stereocenters. The van der Waals surface area contributed by atoms with Crippen LogP contribution in [0.25, 0.3) is 10.8 Å². The molecular formula is C29H34N6O2. The number of nitriles is 1. The largest absolute Gasteiger partial charge is 0.469 e. The second-order valence-corrected chi connectivity index (χ2v) is 10.4. The van der Waals surface area contributed by atoms with Gasteiger partial charge in [0.2, 0.25) is 5.88 Å². The third-order valence-corrected chi connectivity index (χ3v) is 7.98. The number of nitrogens with one attached hydrogen (secondary N) is 1. The van der Waals surface area contributed by atoms with Gasteiger partial charge in [-0.3, -0.25) is 0 Å². The molecule has 4 heterocycles. The van der Waals surface area contributed by atoms with Crippen molar-refractivity contribution in [1.82, 2.24) is 20.2 Å². The summed E-state index contributed by atoms with van der Waals surface area (Å²) in [5.74, 6) is 1.51. The van der Waals surface area contributed by atoms with Crippen LogP contribution in [0, 0.1) is 11.3 Å². The Morgan fingerprint density at radius 2 is 2.03 bits per heavy atom. The fourth-order valence-electron chi connectivity index (χ4n) is 5.92. The molecule has 1 N–H and O–H groups in total. The molecule has 8 heteroatoms. The average molecular weight is 499 g/mol. The van der Waals surface area contributed by atoms with Crippen LogP contribution in [-0.4, -0.2) is 66.8 Å². The van der Waals surface area contributed by atoms with Gasteiger partial charge in [-0.1, -0.05) is 42.5 Å². The Kier molecular flexibility index (Phi) is 6.81. The van der Waals surface area contributed by atoms with Crippen LogP contribution in [0.15, 0.2) is 42.5 Å². The summed E-state index contributed by atoms with van der Waals surface area (Å²) in [5.41, 5.74) is 2.23. The van der Waals surface area contributed by atoms with Crippen molar-refractivity contribution in [3.05, 3.63) is 53.6 Å².